The lowest BCUT2D eigenvalue weighted by Gasteiger charge is -2.55. The minimum atomic E-state index is 0.648. The molecule has 76 valence electrons. The maximum atomic E-state index is 5.87. The van der Waals surface area contributed by atoms with E-state index in [-0.39, 0.29) is 0 Å². The summed E-state index contributed by atoms with van der Waals surface area (Å²) in [5, 5.41) is 3.53. The van der Waals surface area contributed by atoms with Crippen LogP contribution in [0.2, 0.25) is 0 Å². The highest BCUT2D eigenvalue weighted by Crippen LogP contribution is 2.54. The van der Waals surface area contributed by atoms with E-state index in [0.717, 1.165) is 24.9 Å². The smallest absolute Gasteiger partial charge is 0.000290 e. The monoisotopic (exact) mass is 182 g/mol. The van der Waals surface area contributed by atoms with E-state index >= 15 is 0 Å². The Morgan fingerprint density at radius 1 is 1.31 bits per heavy atom. The van der Waals surface area contributed by atoms with Crippen LogP contribution in [0.15, 0.2) is 0 Å². The molecule has 0 aromatic heterocycles. The molecule has 2 unspecified atom stereocenters. The molecule has 1 saturated heterocycles. The molecule has 1 aliphatic heterocycles. The number of hydrogen-bond acceptors (Lipinski definition) is 2. The van der Waals surface area contributed by atoms with E-state index in [2.05, 4.69) is 12.2 Å². The fraction of sp³-hybridized carbons (Fsp3) is 1.00. The summed E-state index contributed by atoms with van der Waals surface area (Å²) in [5.74, 6) is 1.64. The van der Waals surface area contributed by atoms with Gasteiger partial charge in [-0.05, 0) is 49.7 Å². The predicted molar refractivity (Wildman–Crippen MR) is 55.5 cm³/mol. The minimum Gasteiger partial charge on any atom is -0.330 e. The molecule has 2 rings (SSSR count). The van der Waals surface area contributed by atoms with Gasteiger partial charge in [-0.25, -0.2) is 0 Å². The number of hydrogen-bond donors (Lipinski definition) is 2. The van der Waals surface area contributed by atoms with Crippen molar-refractivity contribution in [3.8, 4) is 0 Å². The van der Waals surface area contributed by atoms with E-state index in [9.17, 15) is 0 Å². The Morgan fingerprint density at radius 2 is 2.00 bits per heavy atom. The van der Waals surface area contributed by atoms with Gasteiger partial charge in [0.05, 0.1) is 0 Å². The largest absolute Gasteiger partial charge is 0.330 e. The second-order valence-corrected chi connectivity index (χ2v) is 4.78. The molecule has 0 bridgehead atoms. The summed E-state index contributed by atoms with van der Waals surface area (Å²) in [6, 6.07) is 0. The van der Waals surface area contributed by atoms with Crippen molar-refractivity contribution in [2.24, 2.45) is 23.0 Å². The molecule has 0 radical (unpaired) electrons. The van der Waals surface area contributed by atoms with Crippen molar-refractivity contribution in [2.45, 2.75) is 32.6 Å². The Hall–Kier alpha value is -0.0800. The Labute approximate surface area is 81.3 Å². The van der Waals surface area contributed by atoms with Crippen LogP contribution in [0.25, 0.3) is 0 Å². The third kappa shape index (κ3) is 1.31. The fourth-order valence-corrected chi connectivity index (χ4v) is 3.44. The van der Waals surface area contributed by atoms with Gasteiger partial charge in [0.1, 0.15) is 0 Å². The summed E-state index contributed by atoms with van der Waals surface area (Å²) < 4.78 is 0. The first-order valence-electron chi connectivity index (χ1n) is 5.74. The molecule has 1 saturated carbocycles. The molecule has 2 aliphatic rings. The standard InChI is InChI=1S/C11H22N2/c1-2-9-7-13-8-10(6-12)11(9)4-3-5-11/h9-10,13H,2-8,12H2,1H3. The Kier molecular flexibility index (Phi) is 2.61. The molecule has 0 aromatic carbocycles. The Morgan fingerprint density at radius 3 is 2.46 bits per heavy atom. The zero-order valence-corrected chi connectivity index (χ0v) is 8.68. The molecular formula is C11H22N2. The molecular weight excluding hydrogens is 160 g/mol. The van der Waals surface area contributed by atoms with Crippen LogP contribution >= 0.6 is 0 Å². The van der Waals surface area contributed by atoms with Crippen molar-refractivity contribution < 1.29 is 0 Å². The summed E-state index contributed by atoms with van der Waals surface area (Å²) in [6.45, 7) is 5.59. The van der Waals surface area contributed by atoms with Crippen LogP contribution in [-0.2, 0) is 0 Å². The number of nitrogens with two attached hydrogens (primary N) is 1. The molecule has 1 spiro atoms. The average Bonchev–Trinajstić information content (AvgIpc) is 2.13. The van der Waals surface area contributed by atoms with Crippen LogP contribution in [0.1, 0.15) is 32.6 Å². The first-order chi connectivity index (χ1) is 6.33. The van der Waals surface area contributed by atoms with Crippen LogP contribution in [0, 0.1) is 17.3 Å². The SMILES string of the molecule is CCC1CNCC(CN)C12CCC2. The van der Waals surface area contributed by atoms with Crippen molar-refractivity contribution in [2.75, 3.05) is 19.6 Å². The van der Waals surface area contributed by atoms with Gasteiger partial charge in [0, 0.05) is 0 Å². The molecule has 0 aromatic rings. The summed E-state index contributed by atoms with van der Waals surface area (Å²) in [6.07, 6.45) is 5.64. The summed E-state index contributed by atoms with van der Waals surface area (Å²) in [4.78, 5) is 0. The second kappa shape index (κ2) is 3.58. The van der Waals surface area contributed by atoms with Gasteiger partial charge < -0.3 is 11.1 Å². The van der Waals surface area contributed by atoms with Crippen molar-refractivity contribution in [3.05, 3.63) is 0 Å². The first-order valence-corrected chi connectivity index (χ1v) is 5.74. The summed E-state index contributed by atoms with van der Waals surface area (Å²) >= 11 is 0. The fourth-order valence-electron chi connectivity index (χ4n) is 3.44. The van der Waals surface area contributed by atoms with Gasteiger partial charge in [0.15, 0.2) is 0 Å². The lowest BCUT2D eigenvalue weighted by atomic mass is 9.52. The highest BCUT2D eigenvalue weighted by Gasteiger charge is 2.49. The lowest BCUT2D eigenvalue weighted by molar-refractivity contribution is -0.0384. The molecule has 2 fully saturated rings. The number of piperidine rings is 1. The normalized spacial score (nSPS) is 37.4. The second-order valence-electron chi connectivity index (χ2n) is 4.78. The highest BCUT2D eigenvalue weighted by atomic mass is 14.9. The average molecular weight is 182 g/mol. The van der Waals surface area contributed by atoms with Crippen LogP contribution < -0.4 is 11.1 Å². The van der Waals surface area contributed by atoms with Crippen LogP contribution in [0.4, 0.5) is 0 Å². The molecule has 2 atom stereocenters. The maximum absolute atomic E-state index is 5.87. The topological polar surface area (TPSA) is 38.0 Å². The van der Waals surface area contributed by atoms with Crippen molar-refractivity contribution in [1.82, 2.24) is 5.32 Å². The molecule has 3 N–H and O–H groups in total. The van der Waals surface area contributed by atoms with Gasteiger partial charge in [0.25, 0.3) is 0 Å². The van der Waals surface area contributed by atoms with Gasteiger partial charge in [-0.1, -0.05) is 19.8 Å². The van der Waals surface area contributed by atoms with Gasteiger partial charge in [-0.3, -0.25) is 0 Å². The molecule has 1 heterocycles. The third-order valence-corrected chi connectivity index (χ3v) is 4.47. The highest BCUT2D eigenvalue weighted by molar-refractivity contribution is 5.01. The van der Waals surface area contributed by atoms with Gasteiger partial charge in [-0.2, -0.15) is 0 Å². The zero-order chi connectivity index (χ0) is 9.31. The predicted octanol–water partition coefficient (Wildman–Crippen LogP) is 1.36. The van der Waals surface area contributed by atoms with E-state index in [0.29, 0.717) is 5.41 Å². The molecule has 1 aliphatic carbocycles. The summed E-state index contributed by atoms with van der Waals surface area (Å²) in [5.41, 5.74) is 6.51. The van der Waals surface area contributed by atoms with Gasteiger partial charge in [0.2, 0.25) is 0 Å². The molecule has 2 heteroatoms. The van der Waals surface area contributed by atoms with E-state index in [1.807, 2.05) is 0 Å². The molecule has 13 heavy (non-hydrogen) atoms. The third-order valence-electron chi connectivity index (χ3n) is 4.47. The Balaban J connectivity index is 2.11. The number of rotatable bonds is 2. The lowest BCUT2D eigenvalue weighted by Crippen LogP contribution is -2.57. The number of nitrogens with one attached hydrogen (secondary N) is 1. The summed E-state index contributed by atoms with van der Waals surface area (Å²) in [7, 11) is 0. The molecule has 2 nitrogen and oxygen atoms in total. The van der Waals surface area contributed by atoms with Gasteiger partial charge in [-0.15, -0.1) is 0 Å². The van der Waals surface area contributed by atoms with Crippen LogP contribution in [0.3, 0.4) is 0 Å². The maximum Gasteiger partial charge on any atom is -0.000290 e. The van der Waals surface area contributed by atoms with Crippen LogP contribution in [0.5, 0.6) is 0 Å². The van der Waals surface area contributed by atoms with E-state index in [4.69, 9.17) is 5.73 Å². The van der Waals surface area contributed by atoms with E-state index < -0.39 is 0 Å². The van der Waals surface area contributed by atoms with Crippen LogP contribution in [-0.4, -0.2) is 19.6 Å². The first kappa shape index (κ1) is 9.47. The Bertz CT molecular complexity index is 161. The van der Waals surface area contributed by atoms with E-state index in [1.165, 1.54) is 32.2 Å². The molecule has 0 amide bonds. The quantitative estimate of drug-likeness (QED) is 0.677. The zero-order valence-electron chi connectivity index (χ0n) is 8.68. The van der Waals surface area contributed by atoms with Crippen molar-refractivity contribution >= 4 is 0 Å². The van der Waals surface area contributed by atoms with Crippen molar-refractivity contribution in [3.63, 3.8) is 0 Å². The van der Waals surface area contributed by atoms with E-state index in [1.54, 1.807) is 0 Å². The van der Waals surface area contributed by atoms with Gasteiger partial charge >= 0.3 is 0 Å². The van der Waals surface area contributed by atoms with Crippen molar-refractivity contribution in [1.29, 1.82) is 0 Å². The minimum absolute atomic E-state index is 0.648.